The van der Waals surface area contributed by atoms with Crippen LogP contribution >= 0.6 is 11.8 Å². The third kappa shape index (κ3) is 3.05. The molecule has 0 radical (unpaired) electrons. The van der Waals surface area contributed by atoms with Crippen LogP contribution in [0.1, 0.15) is 46.0 Å². The molecule has 1 aliphatic heterocycles. The highest BCUT2D eigenvalue weighted by molar-refractivity contribution is 7.99. The molecule has 0 aromatic rings. The van der Waals surface area contributed by atoms with Gasteiger partial charge >= 0.3 is 0 Å². The molecule has 5 unspecified atom stereocenters. The van der Waals surface area contributed by atoms with Gasteiger partial charge in [-0.3, -0.25) is 4.90 Å². The average molecular weight is 270 g/mol. The van der Waals surface area contributed by atoms with Gasteiger partial charge in [0.25, 0.3) is 0 Å². The number of hydrogen-bond donors (Lipinski definition) is 1. The van der Waals surface area contributed by atoms with E-state index in [-0.39, 0.29) is 0 Å². The molecular formula is C15H30N2S. The molecule has 1 aliphatic carbocycles. The van der Waals surface area contributed by atoms with Gasteiger partial charge in [-0.25, -0.2) is 0 Å². The first kappa shape index (κ1) is 14.7. The Labute approximate surface area is 117 Å². The molecule has 2 aliphatic rings. The summed E-state index contributed by atoms with van der Waals surface area (Å²) < 4.78 is 0. The van der Waals surface area contributed by atoms with E-state index in [1.165, 1.54) is 38.6 Å². The van der Waals surface area contributed by atoms with Crippen LogP contribution in [0.25, 0.3) is 0 Å². The lowest BCUT2D eigenvalue weighted by molar-refractivity contribution is 0.0348. The molecule has 1 heterocycles. The van der Waals surface area contributed by atoms with Crippen molar-refractivity contribution in [2.45, 2.75) is 69.3 Å². The Kier molecular flexibility index (Phi) is 5.40. The Hall–Kier alpha value is 0.270. The summed E-state index contributed by atoms with van der Waals surface area (Å²) in [5, 5.41) is 4.41. The van der Waals surface area contributed by atoms with E-state index >= 15 is 0 Å². The van der Waals surface area contributed by atoms with Gasteiger partial charge in [0.05, 0.1) is 0 Å². The zero-order chi connectivity index (χ0) is 13.1. The van der Waals surface area contributed by atoms with E-state index in [1.54, 1.807) is 0 Å². The maximum Gasteiger partial charge on any atom is 0.0117 e. The quantitative estimate of drug-likeness (QED) is 0.849. The molecule has 2 nitrogen and oxygen atoms in total. The van der Waals surface area contributed by atoms with E-state index < -0.39 is 0 Å². The summed E-state index contributed by atoms with van der Waals surface area (Å²) in [6.45, 7) is 6.16. The van der Waals surface area contributed by atoms with Gasteiger partial charge in [0.1, 0.15) is 0 Å². The molecule has 0 amide bonds. The van der Waals surface area contributed by atoms with Crippen LogP contribution in [0.5, 0.6) is 0 Å². The molecule has 18 heavy (non-hydrogen) atoms. The van der Waals surface area contributed by atoms with Gasteiger partial charge in [-0.2, -0.15) is 11.8 Å². The molecule has 3 heteroatoms. The maximum atomic E-state index is 3.50. The minimum absolute atomic E-state index is 0.719. The van der Waals surface area contributed by atoms with Gasteiger partial charge < -0.3 is 5.32 Å². The highest BCUT2D eigenvalue weighted by Gasteiger charge is 2.36. The second-order valence-electron chi connectivity index (χ2n) is 6.20. The Morgan fingerprint density at radius 1 is 1.17 bits per heavy atom. The maximum absolute atomic E-state index is 3.50. The van der Waals surface area contributed by atoms with Crippen molar-refractivity contribution in [3.8, 4) is 0 Å². The lowest BCUT2D eigenvalue weighted by atomic mass is 9.83. The summed E-state index contributed by atoms with van der Waals surface area (Å²) in [4.78, 5) is 2.82. The van der Waals surface area contributed by atoms with Crippen LogP contribution in [0.15, 0.2) is 0 Å². The normalized spacial score (nSPS) is 43.0. The van der Waals surface area contributed by atoms with E-state index in [2.05, 4.69) is 49.1 Å². The van der Waals surface area contributed by atoms with Gasteiger partial charge in [-0.1, -0.05) is 13.3 Å². The first-order valence-corrected chi connectivity index (χ1v) is 8.92. The standard InChI is InChI=1S/C15H30N2S/c1-11-12(2)17(9-8-15(11)16-3)13-6-5-7-14(10-13)18-4/h11-16H,5-10H2,1-4H3. The van der Waals surface area contributed by atoms with Crippen LogP contribution in [-0.2, 0) is 0 Å². The predicted octanol–water partition coefficient (Wildman–Crippen LogP) is 2.98. The Morgan fingerprint density at radius 2 is 1.94 bits per heavy atom. The van der Waals surface area contributed by atoms with E-state index in [4.69, 9.17) is 0 Å². The van der Waals surface area contributed by atoms with Crippen molar-refractivity contribution in [3.05, 3.63) is 0 Å². The smallest absolute Gasteiger partial charge is 0.0117 e. The van der Waals surface area contributed by atoms with Crippen LogP contribution in [0, 0.1) is 5.92 Å². The summed E-state index contributed by atoms with van der Waals surface area (Å²) in [5.41, 5.74) is 0. The summed E-state index contributed by atoms with van der Waals surface area (Å²) in [6.07, 6.45) is 9.33. The second kappa shape index (κ2) is 6.62. The number of nitrogens with one attached hydrogen (secondary N) is 1. The minimum Gasteiger partial charge on any atom is -0.317 e. The van der Waals surface area contributed by atoms with Crippen molar-refractivity contribution < 1.29 is 0 Å². The summed E-state index contributed by atoms with van der Waals surface area (Å²) in [5.74, 6) is 0.776. The van der Waals surface area contributed by atoms with Crippen molar-refractivity contribution >= 4 is 11.8 Å². The molecule has 1 saturated carbocycles. The van der Waals surface area contributed by atoms with Crippen molar-refractivity contribution in [2.24, 2.45) is 5.92 Å². The first-order chi connectivity index (χ1) is 8.67. The molecule has 2 rings (SSSR count). The fourth-order valence-electron chi connectivity index (χ4n) is 3.95. The second-order valence-corrected chi connectivity index (χ2v) is 7.34. The highest BCUT2D eigenvalue weighted by atomic mass is 32.2. The molecule has 1 N–H and O–H groups in total. The number of piperidine rings is 1. The lowest BCUT2D eigenvalue weighted by Gasteiger charge is -2.48. The Bertz CT molecular complexity index is 259. The Balaban J connectivity index is 1.96. The average Bonchev–Trinajstić information content (AvgIpc) is 2.42. The van der Waals surface area contributed by atoms with Gasteiger partial charge in [0, 0.05) is 29.9 Å². The number of hydrogen-bond acceptors (Lipinski definition) is 3. The zero-order valence-electron chi connectivity index (χ0n) is 12.5. The molecule has 5 atom stereocenters. The molecule has 0 aromatic heterocycles. The molecular weight excluding hydrogens is 240 g/mol. The molecule has 106 valence electrons. The van der Waals surface area contributed by atoms with Gasteiger partial charge in [-0.05, 0) is 51.8 Å². The van der Waals surface area contributed by atoms with Gasteiger partial charge in [0.2, 0.25) is 0 Å². The van der Waals surface area contributed by atoms with E-state index in [0.717, 1.165) is 29.3 Å². The number of likely N-dealkylation sites (tertiary alicyclic amines) is 1. The summed E-state index contributed by atoms with van der Waals surface area (Å²) in [6, 6.07) is 2.31. The van der Waals surface area contributed by atoms with Crippen LogP contribution in [0.4, 0.5) is 0 Å². The minimum atomic E-state index is 0.719. The van der Waals surface area contributed by atoms with Crippen LogP contribution < -0.4 is 5.32 Å². The van der Waals surface area contributed by atoms with Crippen LogP contribution in [-0.4, -0.2) is 48.1 Å². The predicted molar refractivity (Wildman–Crippen MR) is 82.4 cm³/mol. The van der Waals surface area contributed by atoms with E-state index in [0.29, 0.717) is 0 Å². The van der Waals surface area contributed by atoms with E-state index in [9.17, 15) is 0 Å². The van der Waals surface area contributed by atoms with Crippen LogP contribution in [0.3, 0.4) is 0 Å². The van der Waals surface area contributed by atoms with Gasteiger partial charge in [-0.15, -0.1) is 0 Å². The fraction of sp³-hybridized carbons (Fsp3) is 1.00. The third-order valence-corrected chi connectivity index (χ3v) is 6.48. The van der Waals surface area contributed by atoms with Crippen molar-refractivity contribution in [3.63, 3.8) is 0 Å². The van der Waals surface area contributed by atoms with Crippen molar-refractivity contribution in [2.75, 3.05) is 19.8 Å². The summed E-state index contributed by atoms with van der Waals surface area (Å²) >= 11 is 2.08. The third-order valence-electron chi connectivity index (χ3n) is 5.39. The number of nitrogens with zero attached hydrogens (tertiary/aromatic N) is 1. The van der Waals surface area contributed by atoms with Gasteiger partial charge in [0.15, 0.2) is 0 Å². The molecule has 1 saturated heterocycles. The Morgan fingerprint density at radius 3 is 2.61 bits per heavy atom. The number of thioether (sulfide) groups is 1. The molecule has 0 spiro atoms. The molecule has 0 aromatic carbocycles. The zero-order valence-corrected chi connectivity index (χ0v) is 13.3. The van der Waals surface area contributed by atoms with E-state index in [1.807, 2.05) is 0 Å². The molecule has 2 fully saturated rings. The summed E-state index contributed by atoms with van der Waals surface area (Å²) in [7, 11) is 2.12. The van der Waals surface area contributed by atoms with Crippen molar-refractivity contribution in [1.82, 2.24) is 10.2 Å². The lowest BCUT2D eigenvalue weighted by Crippen LogP contribution is -2.56. The van der Waals surface area contributed by atoms with Crippen LogP contribution in [0.2, 0.25) is 0 Å². The molecule has 0 bridgehead atoms. The number of rotatable bonds is 3. The largest absolute Gasteiger partial charge is 0.317 e. The monoisotopic (exact) mass is 270 g/mol. The SMILES string of the molecule is CNC1CCN(C2CCCC(SC)C2)C(C)C1C. The topological polar surface area (TPSA) is 15.3 Å². The van der Waals surface area contributed by atoms with Crippen molar-refractivity contribution in [1.29, 1.82) is 0 Å². The highest BCUT2D eigenvalue weighted by Crippen LogP contribution is 2.34. The fourth-order valence-corrected chi connectivity index (χ4v) is 4.77. The first-order valence-electron chi connectivity index (χ1n) is 7.63.